The molecule has 0 radical (unpaired) electrons. The zero-order chi connectivity index (χ0) is 29.5. The average Bonchev–Trinajstić information content (AvgIpc) is 2.87. The monoisotopic (exact) mass is 569 g/mol. The molecule has 0 aliphatic carbocycles. The molecule has 0 aromatic heterocycles. The van der Waals surface area contributed by atoms with E-state index in [9.17, 15) is 10.0 Å². The normalized spacial score (nSPS) is 15.4. The van der Waals surface area contributed by atoms with Crippen LogP contribution in [0, 0.1) is 4.91 Å². The van der Waals surface area contributed by atoms with Crippen molar-refractivity contribution in [3.05, 3.63) is 4.91 Å². The van der Waals surface area contributed by atoms with Crippen LogP contribution in [-0.4, -0.2) is 170 Å². The van der Waals surface area contributed by atoms with Crippen LogP contribution in [0.3, 0.4) is 0 Å². The minimum Gasteiger partial charge on any atom is -0.381 e. The van der Waals surface area contributed by atoms with Gasteiger partial charge < -0.3 is 39.4 Å². The molecule has 0 aromatic carbocycles. The fourth-order valence-electron chi connectivity index (χ4n) is 4.29. The third-order valence-electron chi connectivity index (χ3n) is 6.24. The molecule has 39 heavy (non-hydrogen) atoms. The molecule has 0 aliphatic heterocycles. The molecule has 0 aliphatic rings. The number of nitroso groups, excluding NO2 is 1. The number of hydrogen-bond acceptors (Lipinski definition) is 14. The molecule has 0 rings (SSSR count). The molecule has 4 N–H and O–H groups in total. The van der Waals surface area contributed by atoms with E-state index >= 15 is 0 Å². The first-order valence-electron chi connectivity index (χ1n) is 13.8. The van der Waals surface area contributed by atoms with Gasteiger partial charge in [0.15, 0.2) is 0 Å². The Bertz CT molecular complexity index is 556. The maximum absolute atomic E-state index is 10.9. The highest BCUT2D eigenvalue weighted by atomic mass is 16.6. The number of hydrogen-bond donors (Lipinski definition) is 4. The molecule has 14 heteroatoms. The smallest absolute Gasteiger partial charge is 0.143 e. The molecule has 0 heterocycles. The largest absolute Gasteiger partial charge is 0.381 e. The lowest BCUT2D eigenvalue weighted by Gasteiger charge is -2.32. The van der Waals surface area contributed by atoms with E-state index in [0.29, 0.717) is 72.1 Å². The van der Waals surface area contributed by atoms with Crippen molar-refractivity contribution >= 4 is 0 Å². The van der Waals surface area contributed by atoms with Crippen molar-refractivity contribution in [3.8, 4) is 0 Å². The first kappa shape index (κ1) is 38.1. The van der Waals surface area contributed by atoms with Gasteiger partial charge in [0, 0.05) is 72.1 Å². The summed E-state index contributed by atoms with van der Waals surface area (Å²) in [5.41, 5.74) is 0. The van der Waals surface area contributed by atoms with E-state index in [-0.39, 0.29) is 51.4 Å². The quantitative estimate of drug-likeness (QED) is 0.0696. The van der Waals surface area contributed by atoms with Crippen LogP contribution >= 0.6 is 0 Å². The fourth-order valence-corrected chi connectivity index (χ4v) is 4.29. The topological polar surface area (TPSA) is 160 Å². The van der Waals surface area contributed by atoms with Crippen LogP contribution in [0.25, 0.3) is 0 Å². The van der Waals surface area contributed by atoms with Crippen LogP contribution in [0.2, 0.25) is 0 Å². The lowest BCUT2D eigenvalue weighted by atomic mass is 10.3. The molecule has 0 amide bonds. The molecular formula is C25H55N5O9. The van der Waals surface area contributed by atoms with Crippen molar-refractivity contribution in [1.82, 2.24) is 19.6 Å². The van der Waals surface area contributed by atoms with Gasteiger partial charge in [-0.1, -0.05) is 5.18 Å². The van der Waals surface area contributed by atoms with Crippen molar-refractivity contribution < 1.29 is 39.4 Å². The standard InChI is InChI=1S/C25H55N5O9/c1-6-36-22(2)14-29(15-24(4)38-20-33)11-10-28(18-31)9-7-27(13-23(3)37-19-32)8-12-30(17-26-35)16-25(5)39-21-34/h22-25,31-34H,6-21H2,1-5H3. The molecule has 0 spiro atoms. The van der Waals surface area contributed by atoms with Gasteiger partial charge in [0.25, 0.3) is 0 Å². The van der Waals surface area contributed by atoms with Gasteiger partial charge in [-0.3, -0.25) is 19.6 Å². The average molecular weight is 570 g/mol. The van der Waals surface area contributed by atoms with E-state index < -0.39 is 6.79 Å². The van der Waals surface area contributed by atoms with Gasteiger partial charge in [-0.2, -0.15) is 0 Å². The van der Waals surface area contributed by atoms with Gasteiger partial charge in [0.05, 0.1) is 31.1 Å². The molecule has 0 saturated carbocycles. The maximum Gasteiger partial charge on any atom is 0.143 e. The van der Waals surface area contributed by atoms with E-state index in [1.54, 1.807) is 0 Å². The van der Waals surface area contributed by atoms with Crippen LogP contribution in [0.4, 0.5) is 0 Å². The van der Waals surface area contributed by atoms with Crippen LogP contribution in [0.5, 0.6) is 0 Å². The maximum atomic E-state index is 10.9. The van der Waals surface area contributed by atoms with Gasteiger partial charge >= 0.3 is 0 Å². The number of nitrogens with zero attached hydrogens (tertiary/aromatic N) is 5. The second-order valence-corrected chi connectivity index (χ2v) is 9.75. The van der Waals surface area contributed by atoms with E-state index in [1.165, 1.54) is 0 Å². The first-order chi connectivity index (χ1) is 18.7. The molecule has 234 valence electrons. The van der Waals surface area contributed by atoms with Crippen molar-refractivity contribution in [2.75, 3.05) is 106 Å². The highest BCUT2D eigenvalue weighted by Crippen LogP contribution is 2.05. The number of ether oxygens (including phenoxy) is 4. The minimum absolute atomic E-state index is 0.00679. The number of aliphatic hydroxyl groups excluding tert-OH is 4. The lowest BCUT2D eigenvalue weighted by Crippen LogP contribution is -2.46. The summed E-state index contributed by atoms with van der Waals surface area (Å²) in [6.07, 6.45) is -0.582. The predicted octanol–water partition coefficient (Wildman–Crippen LogP) is -0.642. The molecule has 0 fully saturated rings. The first-order valence-corrected chi connectivity index (χ1v) is 13.8. The van der Waals surface area contributed by atoms with E-state index in [4.69, 9.17) is 34.3 Å². The molecule has 0 bridgehead atoms. The number of rotatable bonds is 28. The summed E-state index contributed by atoms with van der Waals surface area (Å²) < 4.78 is 21.5. The van der Waals surface area contributed by atoms with Gasteiger partial charge in [-0.05, 0) is 34.6 Å². The minimum atomic E-state index is -0.391. The SMILES string of the molecule is CCOC(C)CN(CCN(CO)CCN(CCN(CN=O)CC(C)OCO)CC(C)OCO)CC(C)OCO. The van der Waals surface area contributed by atoms with E-state index in [0.717, 1.165) is 0 Å². The van der Waals surface area contributed by atoms with Crippen molar-refractivity contribution in [2.24, 2.45) is 5.18 Å². The van der Waals surface area contributed by atoms with Gasteiger partial charge in [0.2, 0.25) is 0 Å². The Morgan fingerprint density at radius 2 is 0.923 bits per heavy atom. The van der Waals surface area contributed by atoms with Crippen LogP contribution in [-0.2, 0) is 18.9 Å². The summed E-state index contributed by atoms with van der Waals surface area (Å²) in [6, 6.07) is 0. The Morgan fingerprint density at radius 3 is 1.33 bits per heavy atom. The summed E-state index contributed by atoms with van der Waals surface area (Å²) in [5, 5.41) is 40.3. The summed E-state index contributed by atoms with van der Waals surface area (Å²) >= 11 is 0. The Kier molecular flexibility index (Phi) is 24.3. The highest BCUT2D eigenvalue weighted by molar-refractivity contribution is 4.72. The molecule has 14 nitrogen and oxygen atoms in total. The van der Waals surface area contributed by atoms with E-state index in [2.05, 4.69) is 15.0 Å². The molecule has 0 saturated heterocycles. The molecular weight excluding hydrogens is 514 g/mol. The van der Waals surface area contributed by atoms with Crippen LogP contribution in [0.15, 0.2) is 5.18 Å². The molecule has 4 unspecified atom stereocenters. The highest BCUT2D eigenvalue weighted by Gasteiger charge is 2.18. The Morgan fingerprint density at radius 1 is 0.564 bits per heavy atom. The lowest BCUT2D eigenvalue weighted by molar-refractivity contribution is -0.0606. The molecule has 0 aromatic rings. The second-order valence-electron chi connectivity index (χ2n) is 9.75. The summed E-state index contributed by atoms with van der Waals surface area (Å²) in [6.45, 7) is 15.0. The zero-order valence-electron chi connectivity index (χ0n) is 24.7. The van der Waals surface area contributed by atoms with Crippen molar-refractivity contribution in [2.45, 2.75) is 59.0 Å². The van der Waals surface area contributed by atoms with Gasteiger partial charge in [-0.25, -0.2) is 0 Å². The summed E-state index contributed by atoms with van der Waals surface area (Å²) in [4.78, 5) is 19.1. The summed E-state index contributed by atoms with van der Waals surface area (Å²) in [7, 11) is 0. The van der Waals surface area contributed by atoms with E-state index in [1.807, 2.05) is 44.4 Å². The van der Waals surface area contributed by atoms with Gasteiger partial charge in [0.1, 0.15) is 27.0 Å². The molecule has 4 atom stereocenters. The zero-order valence-corrected chi connectivity index (χ0v) is 24.7. The Balaban J connectivity index is 5.12. The third kappa shape index (κ3) is 20.6. The van der Waals surface area contributed by atoms with Crippen LogP contribution in [0.1, 0.15) is 34.6 Å². The van der Waals surface area contributed by atoms with Crippen molar-refractivity contribution in [1.29, 1.82) is 0 Å². The van der Waals surface area contributed by atoms with Crippen molar-refractivity contribution in [3.63, 3.8) is 0 Å². The fraction of sp³-hybridized carbons (Fsp3) is 1.00. The Labute approximate surface area is 234 Å². The van der Waals surface area contributed by atoms with Crippen LogP contribution < -0.4 is 0 Å². The van der Waals surface area contributed by atoms with Gasteiger partial charge in [-0.15, -0.1) is 4.91 Å². The predicted molar refractivity (Wildman–Crippen MR) is 148 cm³/mol. The Hall–Kier alpha value is -0.880. The summed E-state index contributed by atoms with van der Waals surface area (Å²) in [5.74, 6) is 0. The third-order valence-corrected chi connectivity index (χ3v) is 6.24. The number of aliphatic hydroxyl groups is 4. The second kappa shape index (κ2) is 24.9.